The van der Waals surface area contributed by atoms with E-state index in [-0.39, 0.29) is 5.78 Å². The molecule has 0 radical (unpaired) electrons. The molecule has 1 aromatic rings. The molecule has 0 aliphatic heterocycles. The zero-order chi connectivity index (χ0) is 17.3. The molecule has 0 fully saturated rings. The number of anilines is 1. The summed E-state index contributed by atoms with van der Waals surface area (Å²) in [7, 11) is 0. The molecule has 2 nitrogen and oxygen atoms in total. The molecule has 1 aromatic carbocycles. The van der Waals surface area contributed by atoms with Crippen LogP contribution in [0.2, 0.25) is 15.8 Å². The van der Waals surface area contributed by atoms with Crippen LogP contribution in [0.1, 0.15) is 76.6 Å². The van der Waals surface area contributed by atoms with Gasteiger partial charge in [0, 0.05) is 0 Å². The molecule has 0 unspecified atom stereocenters. The number of nitrogens with two attached hydrogens (primary N) is 1. The molecule has 3 heteroatoms. The van der Waals surface area contributed by atoms with E-state index in [2.05, 4.69) is 20.8 Å². The molecular formula is C20H35GeNO. The number of Topliss-reactive ketones (excluding diaryl/α,β-unsaturated/α-hetero) is 1. The molecule has 0 aliphatic carbocycles. The number of carbonyl (C=O) groups is 1. The number of hydrogen-bond acceptors (Lipinski definition) is 2. The molecule has 0 bridgehead atoms. The molecule has 0 amide bonds. The predicted octanol–water partition coefficient (Wildman–Crippen LogP) is 5.53. The number of unbranched alkanes of at least 4 members (excludes halogenated alkanes) is 3. The van der Waals surface area contributed by atoms with Crippen molar-refractivity contribution in [3.8, 4) is 0 Å². The average molecular weight is 378 g/mol. The van der Waals surface area contributed by atoms with Gasteiger partial charge in [0.15, 0.2) is 0 Å². The Morgan fingerprint density at radius 2 is 1.43 bits per heavy atom. The van der Waals surface area contributed by atoms with E-state index in [0.717, 1.165) is 11.3 Å². The summed E-state index contributed by atoms with van der Waals surface area (Å²) < 4.78 is 1.33. The van der Waals surface area contributed by atoms with Crippen molar-refractivity contribution >= 4 is 29.1 Å². The molecule has 0 saturated carbocycles. The first-order valence-corrected chi connectivity index (χ1v) is 14.9. The molecule has 23 heavy (non-hydrogen) atoms. The SMILES string of the molecule is CCC[CH2][Ge]([CH2]CCC)([CH2]CCC)[c]1c(N)cccc1C(C)=O. The van der Waals surface area contributed by atoms with Gasteiger partial charge in [-0.15, -0.1) is 0 Å². The summed E-state index contributed by atoms with van der Waals surface area (Å²) in [6.07, 6.45) is 7.52. The van der Waals surface area contributed by atoms with Crippen LogP contribution >= 0.6 is 0 Å². The number of carbonyl (C=O) groups excluding carboxylic acids is 1. The summed E-state index contributed by atoms with van der Waals surface area (Å²) in [5.74, 6) is 0.187. The second-order valence-electron chi connectivity index (χ2n) is 6.92. The van der Waals surface area contributed by atoms with E-state index in [1.54, 1.807) is 6.92 Å². The second kappa shape index (κ2) is 10.2. The van der Waals surface area contributed by atoms with E-state index >= 15 is 0 Å². The zero-order valence-corrected chi connectivity index (χ0v) is 17.7. The summed E-state index contributed by atoms with van der Waals surface area (Å²) in [5.41, 5.74) is 8.27. The van der Waals surface area contributed by atoms with Crippen molar-refractivity contribution in [3.63, 3.8) is 0 Å². The zero-order valence-electron chi connectivity index (χ0n) is 15.6. The second-order valence-corrected chi connectivity index (χ2v) is 16.5. The van der Waals surface area contributed by atoms with Crippen LogP contribution < -0.4 is 10.1 Å². The van der Waals surface area contributed by atoms with E-state index in [9.17, 15) is 4.79 Å². The quantitative estimate of drug-likeness (QED) is 0.313. The molecule has 0 atom stereocenters. The van der Waals surface area contributed by atoms with Crippen molar-refractivity contribution in [2.45, 2.75) is 82.0 Å². The van der Waals surface area contributed by atoms with Crippen LogP contribution in [0.3, 0.4) is 0 Å². The fraction of sp³-hybridized carbons (Fsp3) is 0.650. The number of hydrogen-bond donors (Lipinski definition) is 1. The molecule has 0 saturated heterocycles. The maximum atomic E-state index is 12.3. The maximum absolute atomic E-state index is 12.3. The van der Waals surface area contributed by atoms with Gasteiger partial charge in [0.05, 0.1) is 0 Å². The normalized spacial score (nSPS) is 11.7. The van der Waals surface area contributed by atoms with Crippen LogP contribution in [0, 0.1) is 0 Å². The number of benzene rings is 1. The first-order valence-electron chi connectivity index (χ1n) is 9.42. The first-order chi connectivity index (χ1) is 11.0. The van der Waals surface area contributed by atoms with Crippen LogP contribution in [0.25, 0.3) is 0 Å². The van der Waals surface area contributed by atoms with Crippen molar-refractivity contribution in [1.82, 2.24) is 0 Å². The molecule has 1 rings (SSSR count). The van der Waals surface area contributed by atoms with Gasteiger partial charge in [0.1, 0.15) is 0 Å². The van der Waals surface area contributed by atoms with E-state index in [0.29, 0.717) is 0 Å². The Bertz CT molecular complexity index is 477. The van der Waals surface area contributed by atoms with E-state index in [4.69, 9.17) is 5.73 Å². The standard InChI is InChI=1S/C20H35GeNO/c1-5-8-14-21(15-9-6-2,16-10-7-3)20-18(17(4)23)12-11-13-19(20)22/h11-13H,5-10,14-16,22H2,1-4H3. The van der Waals surface area contributed by atoms with Gasteiger partial charge in [-0.3, -0.25) is 0 Å². The molecule has 0 spiro atoms. The molecule has 130 valence electrons. The van der Waals surface area contributed by atoms with Gasteiger partial charge in [0.25, 0.3) is 0 Å². The molecule has 0 heterocycles. The van der Waals surface area contributed by atoms with Crippen molar-refractivity contribution in [3.05, 3.63) is 23.8 Å². The third-order valence-electron chi connectivity index (χ3n) is 5.03. The summed E-state index contributed by atoms with van der Waals surface area (Å²) in [6, 6.07) is 5.98. The third-order valence-corrected chi connectivity index (χ3v) is 16.7. The summed E-state index contributed by atoms with van der Waals surface area (Å²) >= 11 is -2.36. The third kappa shape index (κ3) is 5.37. The van der Waals surface area contributed by atoms with Crippen molar-refractivity contribution < 1.29 is 4.79 Å². The van der Waals surface area contributed by atoms with Crippen molar-refractivity contribution in [2.24, 2.45) is 0 Å². The minimum atomic E-state index is -2.36. The molecule has 2 N–H and O–H groups in total. The van der Waals surface area contributed by atoms with Crippen molar-refractivity contribution in [1.29, 1.82) is 0 Å². The Labute approximate surface area is 145 Å². The summed E-state index contributed by atoms with van der Waals surface area (Å²) in [6.45, 7) is 8.51. The fourth-order valence-electron chi connectivity index (χ4n) is 3.75. The Balaban J connectivity index is 3.43. The molecule has 0 aromatic heterocycles. The Kier molecular flexibility index (Phi) is 8.97. The Hall–Kier alpha value is -0.767. The number of nitrogen functional groups attached to an aromatic ring is 1. The van der Waals surface area contributed by atoms with E-state index < -0.39 is 13.3 Å². The van der Waals surface area contributed by atoms with Gasteiger partial charge in [-0.25, -0.2) is 0 Å². The summed E-state index contributed by atoms with van der Waals surface area (Å²) in [5, 5.41) is 3.97. The Morgan fingerprint density at radius 1 is 0.957 bits per heavy atom. The van der Waals surface area contributed by atoms with Crippen LogP contribution in [-0.4, -0.2) is 19.0 Å². The number of rotatable bonds is 11. The van der Waals surface area contributed by atoms with Gasteiger partial charge in [0.2, 0.25) is 0 Å². The van der Waals surface area contributed by atoms with Gasteiger partial charge < -0.3 is 0 Å². The fourth-order valence-corrected chi connectivity index (χ4v) is 16.6. The first kappa shape index (κ1) is 20.3. The van der Waals surface area contributed by atoms with E-state index in [1.165, 1.54) is 58.7 Å². The van der Waals surface area contributed by atoms with Crippen LogP contribution in [0.15, 0.2) is 18.2 Å². The van der Waals surface area contributed by atoms with Crippen LogP contribution in [0.4, 0.5) is 5.69 Å². The van der Waals surface area contributed by atoms with Gasteiger partial charge >= 0.3 is 145 Å². The topological polar surface area (TPSA) is 43.1 Å². The Morgan fingerprint density at radius 3 is 1.83 bits per heavy atom. The van der Waals surface area contributed by atoms with Crippen LogP contribution in [-0.2, 0) is 0 Å². The number of ketones is 1. The van der Waals surface area contributed by atoms with Gasteiger partial charge in [-0.2, -0.15) is 0 Å². The van der Waals surface area contributed by atoms with E-state index in [1.807, 2.05) is 18.2 Å². The molecular weight excluding hydrogens is 343 g/mol. The predicted molar refractivity (Wildman–Crippen MR) is 105 cm³/mol. The molecule has 0 aliphatic rings. The van der Waals surface area contributed by atoms with Gasteiger partial charge in [-0.05, 0) is 0 Å². The average Bonchev–Trinajstić information content (AvgIpc) is 2.54. The van der Waals surface area contributed by atoms with Crippen molar-refractivity contribution in [2.75, 3.05) is 5.73 Å². The van der Waals surface area contributed by atoms with Crippen LogP contribution in [0.5, 0.6) is 0 Å². The summed E-state index contributed by atoms with van der Waals surface area (Å²) in [4.78, 5) is 12.3. The monoisotopic (exact) mass is 379 g/mol. The van der Waals surface area contributed by atoms with Gasteiger partial charge in [-0.1, -0.05) is 0 Å². The minimum absolute atomic E-state index is 0.187.